The number of carbonyl (C=O) groups is 1. The second kappa shape index (κ2) is 8.71. The molecule has 1 saturated carbocycles. The van der Waals surface area contributed by atoms with Crippen LogP contribution in [-0.2, 0) is 4.79 Å². The zero-order valence-electron chi connectivity index (χ0n) is 15.7. The number of nitrogens with zero attached hydrogens (tertiary/aromatic N) is 3. The molecular formula is C18H25ClF3N5O. The van der Waals surface area contributed by atoms with Crippen LogP contribution in [0.5, 0.6) is 0 Å². The maximum absolute atomic E-state index is 13.6. The minimum Gasteiger partial charge on any atom is -0.357 e. The van der Waals surface area contributed by atoms with Crippen molar-refractivity contribution >= 4 is 29.3 Å². The summed E-state index contributed by atoms with van der Waals surface area (Å²) in [4.78, 5) is 21.9. The van der Waals surface area contributed by atoms with Gasteiger partial charge in [0.05, 0.1) is 5.92 Å². The van der Waals surface area contributed by atoms with Gasteiger partial charge in [-0.1, -0.05) is 30.9 Å². The smallest absolute Gasteiger partial charge is 0.357 e. The van der Waals surface area contributed by atoms with Crippen molar-refractivity contribution < 1.29 is 18.0 Å². The normalized spacial score (nSPS) is 24.1. The maximum atomic E-state index is 13.6. The van der Waals surface area contributed by atoms with E-state index in [-0.39, 0.29) is 48.3 Å². The molecule has 1 aromatic heterocycles. The SMILES string of the molecule is CNc1nc(Cl)cc(N2CC(C(=O)NC3CCCCC3)CCC2C(F)(F)F)n1. The van der Waals surface area contributed by atoms with Gasteiger partial charge in [0.2, 0.25) is 11.9 Å². The predicted octanol–water partition coefficient (Wildman–Crippen LogP) is 3.77. The third kappa shape index (κ3) is 4.98. The number of carbonyl (C=O) groups excluding carboxylic acids is 1. The molecule has 2 fully saturated rings. The number of hydrogen-bond donors (Lipinski definition) is 2. The molecule has 6 nitrogen and oxygen atoms in total. The first kappa shape index (κ1) is 21.0. The molecule has 1 aromatic rings. The van der Waals surface area contributed by atoms with E-state index in [2.05, 4.69) is 20.6 Å². The Labute approximate surface area is 167 Å². The van der Waals surface area contributed by atoms with Crippen LogP contribution in [0.3, 0.4) is 0 Å². The van der Waals surface area contributed by atoms with Gasteiger partial charge in [-0.15, -0.1) is 0 Å². The number of rotatable bonds is 4. The topological polar surface area (TPSA) is 70.2 Å². The lowest BCUT2D eigenvalue weighted by atomic mass is 9.90. The molecule has 0 spiro atoms. The van der Waals surface area contributed by atoms with Gasteiger partial charge in [0.25, 0.3) is 0 Å². The Morgan fingerprint density at radius 2 is 1.89 bits per heavy atom. The van der Waals surface area contributed by atoms with Crippen molar-refractivity contribution in [2.24, 2.45) is 5.92 Å². The van der Waals surface area contributed by atoms with Gasteiger partial charge in [-0.25, -0.2) is 4.98 Å². The van der Waals surface area contributed by atoms with Crippen LogP contribution in [0.15, 0.2) is 6.07 Å². The van der Waals surface area contributed by atoms with Crippen molar-refractivity contribution in [3.05, 3.63) is 11.2 Å². The number of anilines is 2. The summed E-state index contributed by atoms with van der Waals surface area (Å²) in [6, 6.07) is -0.274. The zero-order valence-corrected chi connectivity index (χ0v) is 16.5. The van der Waals surface area contributed by atoms with Gasteiger partial charge in [0, 0.05) is 25.7 Å². The van der Waals surface area contributed by atoms with Crippen LogP contribution in [0.4, 0.5) is 24.9 Å². The van der Waals surface area contributed by atoms with Crippen LogP contribution in [0.25, 0.3) is 0 Å². The van der Waals surface area contributed by atoms with Gasteiger partial charge in [0.1, 0.15) is 17.0 Å². The Morgan fingerprint density at radius 3 is 2.54 bits per heavy atom. The Balaban J connectivity index is 1.79. The number of aromatic nitrogens is 2. The van der Waals surface area contributed by atoms with E-state index in [0.29, 0.717) is 0 Å². The molecule has 1 amide bonds. The summed E-state index contributed by atoms with van der Waals surface area (Å²) in [6.07, 6.45) is 0.774. The molecule has 0 bridgehead atoms. The highest BCUT2D eigenvalue weighted by Gasteiger charge is 2.48. The van der Waals surface area contributed by atoms with Crippen LogP contribution in [-0.4, -0.2) is 47.7 Å². The first-order valence-electron chi connectivity index (χ1n) is 9.64. The largest absolute Gasteiger partial charge is 0.408 e. The van der Waals surface area contributed by atoms with Crippen molar-refractivity contribution in [2.45, 2.75) is 63.2 Å². The van der Waals surface area contributed by atoms with Crippen molar-refractivity contribution in [2.75, 3.05) is 23.8 Å². The number of nitrogens with one attached hydrogen (secondary N) is 2. The average molecular weight is 420 g/mol. The quantitative estimate of drug-likeness (QED) is 0.727. The molecule has 2 heterocycles. The van der Waals surface area contributed by atoms with E-state index in [4.69, 9.17) is 11.6 Å². The summed E-state index contributed by atoms with van der Waals surface area (Å²) in [6.45, 7) is -0.0563. The molecule has 0 radical (unpaired) electrons. The summed E-state index contributed by atoms with van der Waals surface area (Å²) in [5, 5.41) is 5.77. The molecule has 10 heteroatoms. The second-order valence-electron chi connectivity index (χ2n) is 7.45. The fourth-order valence-electron chi connectivity index (χ4n) is 4.01. The van der Waals surface area contributed by atoms with Crippen LogP contribution in [0.2, 0.25) is 5.15 Å². The molecule has 2 atom stereocenters. The molecule has 156 valence electrons. The zero-order chi connectivity index (χ0) is 20.3. The molecule has 2 aliphatic rings. The first-order chi connectivity index (χ1) is 13.3. The van der Waals surface area contributed by atoms with Gasteiger partial charge in [-0.3, -0.25) is 4.79 Å². The number of piperidine rings is 1. The van der Waals surface area contributed by atoms with E-state index < -0.39 is 18.1 Å². The lowest BCUT2D eigenvalue weighted by Crippen LogP contribution is -2.55. The molecule has 28 heavy (non-hydrogen) atoms. The first-order valence-corrected chi connectivity index (χ1v) is 10.0. The van der Waals surface area contributed by atoms with Gasteiger partial charge in [0.15, 0.2) is 0 Å². The molecule has 1 aliphatic heterocycles. The molecule has 1 saturated heterocycles. The van der Waals surface area contributed by atoms with E-state index in [0.717, 1.165) is 30.6 Å². The van der Waals surface area contributed by atoms with E-state index >= 15 is 0 Å². The van der Waals surface area contributed by atoms with Gasteiger partial charge in [-0.05, 0) is 25.7 Å². The molecule has 0 aromatic carbocycles. The predicted molar refractivity (Wildman–Crippen MR) is 102 cm³/mol. The second-order valence-corrected chi connectivity index (χ2v) is 7.84. The number of halogens is 4. The highest BCUT2D eigenvalue weighted by molar-refractivity contribution is 6.29. The summed E-state index contributed by atoms with van der Waals surface area (Å²) in [7, 11) is 1.56. The van der Waals surface area contributed by atoms with Gasteiger partial charge >= 0.3 is 6.18 Å². The monoisotopic (exact) mass is 419 g/mol. The van der Waals surface area contributed by atoms with Crippen molar-refractivity contribution in [1.82, 2.24) is 15.3 Å². The maximum Gasteiger partial charge on any atom is 0.408 e. The standard InChI is InChI=1S/C18H25ClF3N5O/c1-23-17-25-14(19)9-15(26-17)27-10-11(7-8-13(27)18(20,21)22)16(28)24-12-5-3-2-4-6-12/h9,11-13H,2-8,10H2,1H3,(H,24,28)(H,23,25,26). The van der Waals surface area contributed by atoms with E-state index in [1.165, 1.54) is 12.5 Å². The van der Waals surface area contributed by atoms with Crippen molar-refractivity contribution in [3.8, 4) is 0 Å². The molecule has 1 aliphatic carbocycles. The van der Waals surface area contributed by atoms with Crippen molar-refractivity contribution in [3.63, 3.8) is 0 Å². The molecule has 2 unspecified atom stereocenters. The minimum absolute atomic E-state index is 0.0454. The lowest BCUT2D eigenvalue weighted by Gasteiger charge is -2.41. The average Bonchev–Trinajstić information content (AvgIpc) is 2.67. The minimum atomic E-state index is -4.43. The van der Waals surface area contributed by atoms with Crippen LogP contribution < -0.4 is 15.5 Å². The Morgan fingerprint density at radius 1 is 1.18 bits per heavy atom. The van der Waals surface area contributed by atoms with E-state index in [1.54, 1.807) is 7.05 Å². The Bertz CT molecular complexity index is 696. The summed E-state index contributed by atoms with van der Waals surface area (Å²) in [5.74, 6) is -0.488. The number of amides is 1. The third-order valence-corrected chi connectivity index (χ3v) is 5.67. The highest BCUT2D eigenvalue weighted by atomic mass is 35.5. The van der Waals surface area contributed by atoms with Crippen molar-refractivity contribution in [1.29, 1.82) is 0 Å². The third-order valence-electron chi connectivity index (χ3n) is 5.48. The van der Waals surface area contributed by atoms with Crippen LogP contribution in [0.1, 0.15) is 44.9 Å². The molecule has 2 N–H and O–H groups in total. The molecule has 3 rings (SSSR count). The summed E-state index contributed by atoms with van der Waals surface area (Å²) < 4.78 is 40.9. The Kier molecular flexibility index (Phi) is 6.52. The van der Waals surface area contributed by atoms with E-state index in [1.807, 2.05) is 0 Å². The number of alkyl halides is 3. The lowest BCUT2D eigenvalue weighted by molar-refractivity contribution is -0.156. The highest BCUT2D eigenvalue weighted by Crippen LogP contribution is 2.37. The van der Waals surface area contributed by atoms with E-state index in [9.17, 15) is 18.0 Å². The van der Waals surface area contributed by atoms with Crippen LogP contribution >= 0.6 is 11.6 Å². The molecular weight excluding hydrogens is 395 g/mol. The van der Waals surface area contributed by atoms with Crippen LogP contribution in [0, 0.1) is 5.92 Å². The summed E-state index contributed by atoms with van der Waals surface area (Å²) in [5.41, 5.74) is 0. The fraction of sp³-hybridized carbons (Fsp3) is 0.722. The van der Waals surface area contributed by atoms with Gasteiger partial charge in [-0.2, -0.15) is 18.2 Å². The van der Waals surface area contributed by atoms with Gasteiger partial charge < -0.3 is 15.5 Å². The summed E-state index contributed by atoms with van der Waals surface area (Å²) >= 11 is 5.96. The fourth-order valence-corrected chi connectivity index (χ4v) is 4.19. The Hall–Kier alpha value is -1.77. The number of hydrogen-bond acceptors (Lipinski definition) is 5.